The predicted molar refractivity (Wildman–Crippen MR) is 136 cm³/mol. The van der Waals surface area contributed by atoms with E-state index in [0.29, 0.717) is 0 Å². The minimum absolute atomic E-state index is 1.20. The lowest BCUT2D eigenvalue weighted by Crippen LogP contribution is -2.29. The van der Waals surface area contributed by atoms with Crippen molar-refractivity contribution in [2.45, 2.75) is 122 Å². The van der Waals surface area contributed by atoms with E-state index < -0.39 is 0 Å². The molecule has 1 aromatic carbocycles. The van der Waals surface area contributed by atoms with Crippen molar-refractivity contribution in [2.75, 3.05) is 0 Å². The van der Waals surface area contributed by atoms with Crippen LogP contribution >= 0.6 is 0 Å². The number of aromatic nitrogens is 1. The van der Waals surface area contributed by atoms with E-state index in [4.69, 9.17) is 0 Å². The van der Waals surface area contributed by atoms with Gasteiger partial charge >= 0.3 is 0 Å². The van der Waals surface area contributed by atoms with E-state index in [9.17, 15) is 0 Å². The molecule has 31 heavy (non-hydrogen) atoms. The molecule has 1 heterocycles. The molecule has 0 radical (unpaired) electrons. The first kappa shape index (κ1) is 25.6. The first-order chi connectivity index (χ1) is 15.4. The van der Waals surface area contributed by atoms with Crippen molar-refractivity contribution in [2.24, 2.45) is 0 Å². The van der Waals surface area contributed by atoms with Gasteiger partial charge in [-0.2, -0.15) is 4.57 Å². The van der Waals surface area contributed by atoms with E-state index >= 15 is 0 Å². The van der Waals surface area contributed by atoms with E-state index in [-0.39, 0.29) is 0 Å². The lowest BCUT2D eigenvalue weighted by Gasteiger charge is -2.04. The van der Waals surface area contributed by atoms with Gasteiger partial charge in [-0.1, -0.05) is 128 Å². The van der Waals surface area contributed by atoms with E-state index in [1.165, 1.54) is 127 Å². The van der Waals surface area contributed by atoms with Crippen LogP contribution in [0.3, 0.4) is 0 Å². The smallest absolute Gasteiger partial charge is 0.167 e. The number of unbranched alkanes of at least 4 members (excludes halogenated alkanes) is 16. The van der Waals surface area contributed by atoms with E-state index in [1.807, 2.05) is 0 Å². The third kappa shape index (κ3) is 12.7. The van der Waals surface area contributed by atoms with Crippen LogP contribution in [0.2, 0.25) is 0 Å². The second-order valence-electron chi connectivity index (χ2n) is 9.36. The zero-order valence-corrected chi connectivity index (χ0v) is 20.4. The van der Waals surface area contributed by atoms with Gasteiger partial charge in [0.15, 0.2) is 12.4 Å². The molecule has 0 amide bonds. The first-order valence-electron chi connectivity index (χ1n) is 13.5. The molecule has 2 aromatic rings. The second kappa shape index (κ2) is 18.0. The molecule has 2 rings (SSSR count). The maximum atomic E-state index is 2.30. The summed E-state index contributed by atoms with van der Waals surface area (Å²) in [6.07, 6.45) is 30.0. The monoisotopic (exact) mass is 422 g/mol. The number of hydrogen-bond donors (Lipinski definition) is 0. The fourth-order valence-electron chi connectivity index (χ4n) is 4.49. The largest absolute Gasteiger partial charge is 0.210 e. The maximum Gasteiger partial charge on any atom is 0.210 e. The lowest BCUT2D eigenvalue weighted by atomic mass is 10.0. The Morgan fingerprint density at radius 2 is 1.00 bits per heavy atom. The van der Waals surface area contributed by atoms with Crippen LogP contribution in [0.4, 0.5) is 0 Å². The predicted octanol–water partition coefficient (Wildman–Crippen LogP) is 9.16. The number of hydrogen-bond acceptors (Lipinski definition) is 0. The number of rotatable bonds is 19. The van der Waals surface area contributed by atoms with Crippen molar-refractivity contribution in [3.05, 3.63) is 60.4 Å². The number of nitrogens with zero attached hydrogens (tertiary/aromatic N) is 1. The van der Waals surface area contributed by atoms with Crippen LogP contribution < -0.4 is 4.57 Å². The average Bonchev–Trinajstić information content (AvgIpc) is 2.82. The summed E-state index contributed by atoms with van der Waals surface area (Å²) in [5.74, 6) is 0. The number of benzene rings is 1. The molecule has 0 bridgehead atoms. The molecular formula is C30H48N+. The zero-order valence-electron chi connectivity index (χ0n) is 20.4. The number of pyridine rings is 1. The van der Waals surface area contributed by atoms with Crippen LogP contribution in [-0.2, 0) is 6.42 Å². The summed E-state index contributed by atoms with van der Waals surface area (Å²) in [5, 5.41) is 0. The van der Waals surface area contributed by atoms with Crippen molar-refractivity contribution < 1.29 is 4.57 Å². The summed E-state index contributed by atoms with van der Waals surface area (Å²) in [5.41, 5.74) is 2.69. The highest BCUT2D eigenvalue weighted by Gasteiger charge is 2.05. The Morgan fingerprint density at radius 1 is 0.516 bits per heavy atom. The van der Waals surface area contributed by atoms with E-state index in [1.54, 1.807) is 0 Å². The van der Waals surface area contributed by atoms with Crippen LogP contribution in [-0.4, -0.2) is 0 Å². The summed E-state index contributed by atoms with van der Waals surface area (Å²) in [7, 11) is 0. The molecule has 0 aliphatic heterocycles. The minimum atomic E-state index is 1.20. The Morgan fingerprint density at radius 3 is 1.52 bits per heavy atom. The highest BCUT2D eigenvalue weighted by molar-refractivity contribution is 5.22. The van der Waals surface area contributed by atoms with Crippen molar-refractivity contribution in [3.63, 3.8) is 0 Å². The normalized spacial score (nSPS) is 11.1. The average molecular weight is 423 g/mol. The molecular weight excluding hydrogens is 374 g/mol. The van der Waals surface area contributed by atoms with Crippen molar-refractivity contribution in [1.82, 2.24) is 0 Å². The van der Waals surface area contributed by atoms with Gasteiger partial charge in [-0.3, -0.25) is 0 Å². The van der Waals surface area contributed by atoms with Gasteiger partial charge in [0.05, 0.1) is 0 Å². The fraction of sp³-hybridized carbons (Fsp3) is 0.633. The molecule has 0 spiro atoms. The van der Waals surface area contributed by atoms with Gasteiger partial charge in [0.25, 0.3) is 0 Å². The molecule has 0 aliphatic rings. The quantitative estimate of drug-likeness (QED) is 0.157. The van der Waals surface area contributed by atoms with Crippen molar-refractivity contribution in [3.8, 4) is 5.69 Å². The molecule has 1 aromatic heterocycles. The molecule has 0 N–H and O–H groups in total. The Hall–Kier alpha value is -1.63. The van der Waals surface area contributed by atoms with Gasteiger partial charge in [-0.15, -0.1) is 0 Å². The van der Waals surface area contributed by atoms with Gasteiger partial charge in [0, 0.05) is 23.8 Å². The van der Waals surface area contributed by atoms with Gasteiger partial charge < -0.3 is 0 Å². The summed E-state index contributed by atoms with van der Waals surface area (Å²) in [4.78, 5) is 0. The summed E-state index contributed by atoms with van der Waals surface area (Å²) in [6.45, 7) is 2.30. The Kier molecular flexibility index (Phi) is 14.9. The number of aryl methyl sites for hydroxylation is 1. The van der Waals surface area contributed by atoms with E-state index in [2.05, 4.69) is 66.3 Å². The van der Waals surface area contributed by atoms with Crippen molar-refractivity contribution in [1.29, 1.82) is 0 Å². The summed E-state index contributed by atoms with van der Waals surface area (Å²) < 4.78 is 2.24. The zero-order chi connectivity index (χ0) is 21.8. The van der Waals surface area contributed by atoms with Crippen molar-refractivity contribution >= 4 is 0 Å². The Bertz CT molecular complexity index is 648. The first-order valence-corrected chi connectivity index (χ1v) is 13.5. The van der Waals surface area contributed by atoms with Crippen LogP contribution in [0.1, 0.15) is 122 Å². The molecule has 1 heteroatoms. The molecule has 0 saturated heterocycles. The molecule has 0 aliphatic carbocycles. The SMILES string of the molecule is CCCCCCCCCCCCCCCCCCCc1ccc[n+](-c2ccccc2)c1. The molecule has 0 unspecified atom stereocenters. The maximum absolute atomic E-state index is 2.30. The molecule has 0 atom stereocenters. The number of para-hydroxylation sites is 1. The minimum Gasteiger partial charge on any atom is -0.167 e. The standard InChI is InChI=1S/C30H48N/c1-2-3-4-5-6-7-8-9-10-11-12-13-14-15-16-17-19-23-29-24-22-27-31(28-29)30-25-20-18-21-26-30/h18,20-22,24-28H,2-17,19,23H2,1H3/q+1. The summed E-state index contributed by atoms with van der Waals surface area (Å²) >= 11 is 0. The molecule has 0 saturated carbocycles. The molecule has 172 valence electrons. The van der Waals surface area contributed by atoms with Crippen LogP contribution in [0.5, 0.6) is 0 Å². The third-order valence-electron chi connectivity index (χ3n) is 6.49. The van der Waals surface area contributed by atoms with Gasteiger partial charge in [-0.05, 0) is 18.9 Å². The van der Waals surface area contributed by atoms with Gasteiger partial charge in [-0.25, -0.2) is 0 Å². The molecule has 1 nitrogen and oxygen atoms in total. The Labute approximate surface area is 193 Å². The van der Waals surface area contributed by atoms with Crippen LogP contribution in [0, 0.1) is 0 Å². The highest BCUT2D eigenvalue weighted by Crippen LogP contribution is 2.14. The topological polar surface area (TPSA) is 3.88 Å². The Balaban J connectivity index is 1.37. The van der Waals surface area contributed by atoms with Crippen LogP contribution in [0.25, 0.3) is 5.69 Å². The lowest BCUT2D eigenvalue weighted by molar-refractivity contribution is -0.596. The fourth-order valence-corrected chi connectivity index (χ4v) is 4.49. The van der Waals surface area contributed by atoms with Gasteiger partial charge in [0.2, 0.25) is 5.69 Å². The van der Waals surface area contributed by atoms with Crippen LogP contribution in [0.15, 0.2) is 54.9 Å². The summed E-state index contributed by atoms with van der Waals surface area (Å²) in [6, 6.07) is 15.1. The third-order valence-corrected chi connectivity index (χ3v) is 6.49. The molecule has 0 fully saturated rings. The second-order valence-corrected chi connectivity index (χ2v) is 9.36. The van der Waals surface area contributed by atoms with Gasteiger partial charge in [0.1, 0.15) is 0 Å². The van der Waals surface area contributed by atoms with E-state index in [0.717, 1.165) is 0 Å². The highest BCUT2D eigenvalue weighted by atomic mass is 14.9.